The zero-order valence-corrected chi connectivity index (χ0v) is 14.0. The standard InChI is InChI=1S/C10H13Br2N3OS/c1-14(2)10(15(3)4)13-9(16)7-5-6(11)8(12)17-7/h5H,1-4H3. The summed E-state index contributed by atoms with van der Waals surface area (Å²) in [7, 11) is 7.41. The van der Waals surface area contributed by atoms with Gasteiger partial charge in [-0.15, -0.1) is 11.3 Å². The van der Waals surface area contributed by atoms with E-state index in [0.717, 1.165) is 8.26 Å². The quantitative estimate of drug-likeness (QED) is 0.553. The van der Waals surface area contributed by atoms with Gasteiger partial charge >= 0.3 is 0 Å². The Labute approximate surface area is 122 Å². The van der Waals surface area contributed by atoms with E-state index in [1.54, 1.807) is 15.9 Å². The van der Waals surface area contributed by atoms with Crippen LogP contribution < -0.4 is 0 Å². The molecule has 0 saturated heterocycles. The lowest BCUT2D eigenvalue weighted by molar-refractivity contribution is 0.100. The fraction of sp³-hybridized carbons (Fsp3) is 0.400. The molecule has 0 aliphatic heterocycles. The predicted molar refractivity (Wildman–Crippen MR) is 78.9 cm³/mol. The summed E-state index contributed by atoms with van der Waals surface area (Å²) in [6.45, 7) is 0. The maximum atomic E-state index is 12.0. The maximum Gasteiger partial charge on any atom is 0.290 e. The molecule has 17 heavy (non-hydrogen) atoms. The molecule has 0 aromatic carbocycles. The number of aliphatic imine (C=N–C) groups is 1. The smallest absolute Gasteiger partial charge is 0.290 e. The van der Waals surface area contributed by atoms with Crippen molar-refractivity contribution in [2.75, 3.05) is 28.2 Å². The van der Waals surface area contributed by atoms with Crippen molar-refractivity contribution in [1.82, 2.24) is 9.80 Å². The van der Waals surface area contributed by atoms with Crippen LogP contribution in [0.1, 0.15) is 9.67 Å². The van der Waals surface area contributed by atoms with Crippen molar-refractivity contribution < 1.29 is 4.79 Å². The van der Waals surface area contributed by atoms with E-state index in [-0.39, 0.29) is 5.91 Å². The summed E-state index contributed by atoms with van der Waals surface area (Å²) in [5.74, 6) is 0.384. The Kier molecular flexibility index (Phi) is 5.15. The van der Waals surface area contributed by atoms with E-state index in [0.29, 0.717) is 10.8 Å². The summed E-state index contributed by atoms with van der Waals surface area (Å²) in [6.07, 6.45) is 0. The number of hydrogen-bond donors (Lipinski definition) is 0. The first-order valence-electron chi connectivity index (χ1n) is 4.75. The number of guanidine groups is 1. The molecular weight excluding hydrogens is 370 g/mol. The summed E-state index contributed by atoms with van der Waals surface area (Å²) < 4.78 is 1.77. The van der Waals surface area contributed by atoms with Gasteiger partial charge in [-0.2, -0.15) is 4.99 Å². The summed E-state index contributed by atoms with van der Waals surface area (Å²) in [6, 6.07) is 1.77. The van der Waals surface area contributed by atoms with Crippen molar-refractivity contribution in [1.29, 1.82) is 0 Å². The fourth-order valence-corrected chi connectivity index (χ4v) is 3.12. The molecule has 0 N–H and O–H groups in total. The number of rotatable bonds is 1. The van der Waals surface area contributed by atoms with Crippen LogP contribution in [-0.4, -0.2) is 49.9 Å². The molecule has 1 aromatic heterocycles. The number of amides is 1. The van der Waals surface area contributed by atoms with Crippen LogP contribution in [0.3, 0.4) is 0 Å². The molecule has 4 nitrogen and oxygen atoms in total. The van der Waals surface area contributed by atoms with Gasteiger partial charge in [0.15, 0.2) is 0 Å². The van der Waals surface area contributed by atoms with Gasteiger partial charge in [-0.25, -0.2) is 0 Å². The van der Waals surface area contributed by atoms with Crippen molar-refractivity contribution >= 4 is 55.1 Å². The summed E-state index contributed by atoms with van der Waals surface area (Å²) in [4.78, 5) is 20.3. The number of carbonyl (C=O) groups is 1. The molecule has 1 aromatic rings. The van der Waals surface area contributed by atoms with Gasteiger partial charge in [0.1, 0.15) is 0 Å². The van der Waals surface area contributed by atoms with E-state index < -0.39 is 0 Å². The average Bonchev–Trinajstić information content (AvgIpc) is 2.54. The second kappa shape index (κ2) is 5.97. The monoisotopic (exact) mass is 381 g/mol. The largest absolute Gasteiger partial charge is 0.349 e. The van der Waals surface area contributed by atoms with Gasteiger partial charge in [-0.3, -0.25) is 4.79 Å². The van der Waals surface area contributed by atoms with E-state index in [4.69, 9.17) is 0 Å². The molecule has 0 bridgehead atoms. The van der Waals surface area contributed by atoms with E-state index in [1.807, 2.05) is 28.2 Å². The first-order chi connectivity index (χ1) is 7.82. The zero-order valence-electron chi connectivity index (χ0n) is 9.99. The van der Waals surface area contributed by atoms with Gasteiger partial charge in [-0.1, -0.05) is 0 Å². The Morgan fingerprint density at radius 1 is 1.24 bits per heavy atom. The lowest BCUT2D eigenvalue weighted by Gasteiger charge is -2.21. The Morgan fingerprint density at radius 2 is 1.76 bits per heavy atom. The van der Waals surface area contributed by atoms with Crippen LogP contribution in [0, 0.1) is 0 Å². The molecular formula is C10H13Br2N3OS. The van der Waals surface area contributed by atoms with Crippen LogP contribution in [0.2, 0.25) is 0 Å². The van der Waals surface area contributed by atoms with Gasteiger partial charge in [0, 0.05) is 32.7 Å². The first kappa shape index (κ1) is 14.7. The summed E-state index contributed by atoms with van der Waals surface area (Å²) in [5.41, 5.74) is 0. The Morgan fingerprint density at radius 3 is 2.12 bits per heavy atom. The molecule has 1 heterocycles. The van der Waals surface area contributed by atoms with Gasteiger partial charge in [-0.05, 0) is 37.9 Å². The third kappa shape index (κ3) is 3.79. The van der Waals surface area contributed by atoms with Gasteiger partial charge in [0.05, 0.1) is 8.66 Å². The van der Waals surface area contributed by atoms with Crippen LogP contribution in [0.5, 0.6) is 0 Å². The van der Waals surface area contributed by atoms with Gasteiger partial charge in [0.25, 0.3) is 5.91 Å². The normalized spacial score (nSPS) is 10.0. The molecule has 0 unspecified atom stereocenters. The van der Waals surface area contributed by atoms with E-state index in [1.165, 1.54) is 11.3 Å². The number of hydrogen-bond acceptors (Lipinski definition) is 2. The van der Waals surface area contributed by atoms with Crippen LogP contribution in [-0.2, 0) is 0 Å². The lowest BCUT2D eigenvalue weighted by atomic mass is 10.4. The number of halogens is 2. The molecule has 0 fully saturated rings. The van der Waals surface area contributed by atoms with Gasteiger partial charge < -0.3 is 9.80 Å². The van der Waals surface area contributed by atoms with Crippen LogP contribution >= 0.6 is 43.2 Å². The second-order valence-electron chi connectivity index (χ2n) is 3.74. The van der Waals surface area contributed by atoms with Crippen molar-refractivity contribution in [3.8, 4) is 0 Å². The summed E-state index contributed by atoms with van der Waals surface area (Å²) >= 11 is 8.07. The van der Waals surface area contributed by atoms with Crippen LogP contribution in [0.25, 0.3) is 0 Å². The van der Waals surface area contributed by atoms with Crippen LogP contribution in [0.4, 0.5) is 0 Å². The molecule has 0 atom stereocenters. The van der Waals surface area contributed by atoms with Gasteiger partial charge in [0.2, 0.25) is 5.96 Å². The lowest BCUT2D eigenvalue weighted by Crippen LogP contribution is -2.36. The minimum absolute atomic E-state index is 0.237. The second-order valence-corrected chi connectivity index (χ2v) is 6.96. The Hall–Kier alpha value is -0.400. The molecule has 1 rings (SSSR count). The SMILES string of the molecule is CN(C)C(=NC(=O)c1cc(Br)c(Br)s1)N(C)C. The van der Waals surface area contributed by atoms with Crippen molar-refractivity contribution in [3.63, 3.8) is 0 Å². The number of carbonyl (C=O) groups excluding carboxylic acids is 1. The van der Waals surface area contributed by atoms with E-state index >= 15 is 0 Å². The third-order valence-electron chi connectivity index (χ3n) is 1.86. The summed E-state index contributed by atoms with van der Waals surface area (Å²) in [5, 5.41) is 0. The molecule has 7 heteroatoms. The molecule has 0 radical (unpaired) electrons. The Bertz CT molecular complexity index is 425. The highest BCUT2D eigenvalue weighted by Gasteiger charge is 2.14. The highest BCUT2D eigenvalue weighted by molar-refractivity contribution is 9.13. The van der Waals surface area contributed by atoms with Crippen molar-refractivity contribution in [2.24, 2.45) is 4.99 Å². The third-order valence-corrected chi connectivity index (χ3v) is 5.10. The molecule has 0 aliphatic rings. The fourth-order valence-electron chi connectivity index (χ4n) is 1.20. The average molecular weight is 383 g/mol. The van der Waals surface area contributed by atoms with E-state index in [9.17, 15) is 4.79 Å². The highest BCUT2D eigenvalue weighted by atomic mass is 79.9. The molecule has 0 saturated carbocycles. The van der Waals surface area contributed by atoms with E-state index in [2.05, 4.69) is 36.9 Å². The highest BCUT2D eigenvalue weighted by Crippen LogP contribution is 2.32. The van der Waals surface area contributed by atoms with Crippen molar-refractivity contribution in [3.05, 3.63) is 19.2 Å². The van der Waals surface area contributed by atoms with Crippen LogP contribution in [0.15, 0.2) is 19.3 Å². The molecule has 94 valence electrons. The minimum Gasteiger partial charge on any atom is -0.349 e. The first-order valence-corrected chi connectivity index (χ1v) is 7.15. The molecule has 0 spiro atoms. The minimum atomic E-state index is -0.237. The topological polar surface area (TPSA) is 35.9 Å². The Balaban J connectivity index is 3.01. The maximum absolute atomic E-state index is 12.0. The molecule has 1 amide bonds. The zero-order chi connectivity index (χ0) is 13.2. The predicted octanol–water partition coefficient (Wildman–Crippen LogP) is 2.89. The molecule has 0 aliphatic carbocycles. The number of thiophene rings is 1. The van der Waals surface area contributed by atoms with Crippen molar-refractivity contribution in [2.45, 2.75) is 0 Å². The number of nitrogens with zero attached hydrogens (tertiary/aromatic N) is 3.